The lowest BCUT2D eigenvalue weighted by molar-refractivity contribution is 0.981. The molecule has 0 spiro atoms. The van der Waals surface area contributed by atoms with E-state index in [0.29, 0.717) is 39.5 Å². The smallest absolute Gasteiger partial charge is 0.332 e. The van der Waals surface area contributed by atoms with E-state index in [-0.39, 0.29) is 5.69 Å². The van der Waals surface area contributed by atoms with Gasteiger partial charge < -0.3 is 5.32 Å². The van der Waals surface area contributed by atoms with E-state index in [1.807, 2.05) is 30.3 Å². The van der Waals surface area contributed by atoms with Crippen LogP contribution in [0.2, 0.25) is 10.0 Å². The second-order valence-corrected chi connectivity index (χ2v) is 6.71. The number of aromatic nitrogens is 4. The van der Waals surface area contributed by atoms with Gasteiger partial charge in [-0.15, -0.1) is 0 Å². The largest absolute Gasteiger partial charge is 0.366 e. The van der Waals surface area contributed by atoms with Crippen molar-refractivity contribution in [1.29, 1.82) is 0 Å². The molecule has 27 heavy (non-hydrogen) atoms. The fraction of sp³-hybridized carbons (Fsp3) is 0.0526. The lowest BCUT2D eigenvalue weighted by Gasteiger charge is -2.10. The molecule has 4 rings (SSSR count). The Bertz CT molecular complexity index is 1120. The number of aromatic amines is 2. The average molecular weight is 400 g/mol. The van der Waals surface area contributed by atoms with Gasteiger partial charge in [0.25, 0.3) is 0 Å². The molecule has 0 saturated heterocycles. The van der Waals surface area contributed by atoms with Gasteiger partial charge >= 0.3 is 5.69 Å². The van der Waals surface area contributed by atoms with Crippen LogP contribution in [0.5, 0.6) is 0 Å². The van der Waals surface area contributed by atoms with E-state index in [1.54, 1.807) is 30.5 Å². The second kappa shape index (κ2) is 7.34. The number of rotatable bonds is 5. The van der Waals surface area contributed by atoms with Gasteiger partial charge in [0.1, 0.15) is 11.5 Å². The summed E-state index contributed by atoms with van der Waals surface area (Å²) < 4.78 is 1.53. The molecule has 0 amide bonds. The first-order valence-corrected chi connectivity index (χ1v) is 8.97. The average Bonchev–Trinajstić information content (AvgIpc) is 3.30. The minimum absolute atomic E-state index is 0.298. The van der Waals surface area contributed by atoms with Crippen LogP contribution in [0.4, 0.5) is 5.82 Å². The molecule has 6 nitrogen and oxygen atoms in total. The quantitative estimate of drug-likeness (QED) is 0.462. The molecule has 2 aromatic heterocycles. The van der Waals surface area contributed by atoms with Crippen molar-refractivity contribution < 1.29 is 0 Å². The monoisotopic (exact) mass is 399 g/mol. The Labute approximate surface area is 164 Å². The summed E-state index contributed by atoms with van der Waals surface area (Å²) in [6.45, 7) is 0.559. The zero-order valence-corrected chi connectivity index (χ0v) is 15.6. The molecule has 8 heteroatoms. The molecular formula is C19H15Cl2N5O. The maximum Gasteiger partial charge on any atom is 0.332 e. The highest BCUT2D eigenvalue weighted by Gasteiger charge is 2.19. The molecule has 136 valence electrons. The summed E-state index contributed by atoms with van der Waals surface area (Å²) in [5.41, 5.74) is 2.72. The lowest BCUT2D eigenvalue weighted by Crippen LogP contribution is -2.15. The van der Waals surface area contributed by atoms with Crippen LogP contribution in [-0.2, 0) is 6.54 Å². The van der Waals surface area contributed by atoms with E-state index in [9.17, 15) is 4.79 Å². The van der Waals surface area contributed by atoms with Crippen molar-refractivity contribution in [3.63, 3.8) is 0 Å². The Balaban J connectivity index is 1.80. The number of nitrogens with one attached hydrogen (secondary N) is 3. The number of hydrogen-bond donors (Lipinski definition) is 3. The third-order valence-electron chi connectivity index (χ3n) is 4.12. The summed E-state index contributed by atoms with van der Waals surface area (Å²) in [5.74, 6) is 0.583. The van der Waals surface area contributed by atoms with Gasteiger partial charge in [-0.3, -0.25) is 14.6 Å². The number of H-pyrrole nitrogens is 2. The molecule has 0 bridgehead atoms. The number of nitrogens with zero attached hydrogens (tertiary/aromatic N) is 2. The molecule has 0 radical (unpaired) electrons. The highest BCUT2D eigenvalue weighted by Crippen LogP contribution is 2.30. The van der Waals surface area contributed by atoms with Crippen LogP contribution in [0, 0.1) is 0 Å². The SMILES string of the molecule is O=c1[nH]c(NCc2ccccc2)c(-c2ccn[nH]2)n1-c1ccc(Cl)c(Cl)c1. The van der Waals surface area contributed by atoms with E-state index in [1.165, 1.54) is 4.57 Å². The van der Waals surface area contributed by atoms with Gasteiger partial charge in [0.15, 0.2) is 0 Å². The van der Waals surface area contributed by atoms with Crippen molar-refractivity contribution in [2.75, 3.05) is 5.32 Å². The number of benzene rings is 2. The lowest BCUT2D eigenvalue weighted by atomic mass is 10.2. The third-order valence-corrected chi connectivity index (χ3v) is 4.86. The van der Waals surface area contributed by atoms with Crippen LogP contribution >= 0.6 is 23.2 Å². The molecule has 0 aliphatic rings. The normalized spacial score (nSPS) is 10.9. The summed E-state index contributed by atoms with van der Waals surface area (Å²) in [4.78, 5) is 15.6. The molecule has 0 saturated carbocycles. The van der Waals surface area contributed by atoms with Crippen LogP contribution in [-0.4, -0.2) is 19.7 Å². The van der Waals surface area contributed by atoms with Gasteiger partial charge in [-0.25, -0.2) is 4.79 Å². The van der Waals surface area contributed by atoms with E-state index in [0.717, 1.165) is 5.56 Å². The van der Waals surface area contributed by atoms with Crippen LogP contribution in [0.15, 0.2) is 65.6 Å². The van der Waals surface area contributed by atoms with Crippen LogP contribution < -0.4 is 11.0 Å². The van der Waals surface area contributed by atoms with Gasteiger partial charge in [-0.05, 0) is 29.8 Å². The maximum atomic E-state index is 12.7. The Morgan fingerprint density at radius 2 is 1.85 bits per heavy atom. The van der Waals surface area contributed by atoms with Crippen molar-refractivity contribution in [3.8, 4) is 17.1 Å². The minimum atomic E-state index is -0.298. The number of halogens is 2. The molecule has 0 atom stereocenters. The maximum absolute atomic E-state index is 12.7. The highest BCUT2D eigenvalue weighted by molar-refractivity contribution is 6.42. The Morgan fingerprint density at radius 1 is 1.04 bits per heavy atom. The number of anilines is 1. The molecule has 2 aromatic carbocycles. The van der Waals surface area contributed by atoms with Gasteiger partial charge in [0.2, 0.25) is 0 Å². The van der Waals surface area contributed by atoms with Crippen molar-refractivity contribution in [2.24, 2.45) is 0 Å². The van der Waals surface area contributed by atoms with Crippen molar-refractivity contribution in [1.82, 2.24) is 19.7 Å². The van der Waals surface area contributed by atoms with Crippen molar-refractivity contribution in [3.05, 3.63) is 86.9 Å². The molecule has 0 fully saturated rings. The van der Waals surface area contributed by atoms with E-state index in [2.05, 4.69) is 20.5 Å². The van der Waals surface area contributed by atoms with Gasteiger partial charge in [-0.2, -0.15) is 5.10 Å². The molecule has 0 aliphatic carbocycles. The standard InChI is InChI=1S/C19H15Cl2N5O/c20-14-7-6-13(10-15(14)21)26-17(16-8-9-23-25-16)18(24-19(26)27)22-11-12-4-2-1-3-5-12/h1-10,22H,11H2,(H,23,25)(H,24,27). The molecule has 4 aromatic rings. The number of imidazole rings is 1. The van der Waals surface area contributed by atoms with Crippen molar-refractivity contribution in [2.45, 2.75) is 6.54 Å². The minimum Gasteiger partial charge on any atom is -0.366 e. The molecule has 3 N–H and O–H groups in total. The summed E-state index contributed by atoms with van der Waals surface area (Å²) in [7, 11) is 0. The summed E-state index contributed by atoms with van der Waals surface area (Å²) in [6, 6.07) is 16.8. The second-order valence-electron chi connectivity index (χ2n) is 5.90. The van der Waals surface area contributed by atoms with Crippen LogP contribution in [0.25, 0.3) is 17.1 Å². The summed E-state index contributed by atoms with van der Waals surface area (Å²) in [6.07, 6.45) is 1.63. The molecule has 0 aliphatic heterocycles. The Morgan fingerprint density at radius 3 is 2.56 bits per heavy atom. The fourth-order valence-corrected chi connectivity index (χ4v) is 3.16. The molecular weight excluding hydrogens is 385 g/mol. The van der Waals surface area contributed by atoms with Crippen LogP contribution in [0.3, 0.4) is 0 Å². The fourth-order valence-electron chi connectivity index (χ4n) is 2.86. The van der Waals surface area contributed by atoms with E-state index >= 15 is 0 Å². The predicted molar refractivity (Wildman–Crippen MR) is 108 cm³/mol. The first-order chi connectivity index (χ1) is 13.1. The first-order valence-electron chi connectivity index (χ1n) is 8.21. The summed E-state index contributed by atoms with van der Waals surface area (Å²) in [5, 5.41) is 11.0. The van der Waals surface area contributed by atoms with Gasteiger partial charge in [0.05, 0.1) is 21.4 Å². The summed E-state index contributed by atoms with van der Waals surface area (Å²) >= 11 is 12.2. The molecule has 2 heterocycles. The molecule has 0 unspecified atom stereocenters. The third kappa shape index (κ3) is 3.49. The Hall–Kier alpha value is -2.96. The zero-order valence-electron chi connectivity index (χ0n) is 14.0. The van der Waals surface area contributed by atoms with E-state index < -0.39 is 0 Å². The predicted octanol–water partition coefficient (Wildman–Crippen LogP) is 4.47. The van der Waals surface area contributed by atoms with Gasteiger partial charge in [0, 0.05) is 12.7 Å². The van der Waals surface area contributed by atoms with Gasteiger partial charge in [-0.1, -0.05) is 53.5 Å². The first kappa shape index (κ1) is 17.5. The zero-order chi connectivity index (χ0) is 18.8. The highest BCUT2D eigenvalue weighted by atomic mass is 35.5. The number of hydrogen-bond acceptors (Lipinski definition) is 3. The topological polar surface area (TPSA) is 78.5 Å². The van der Waals surface area contributed by atoms with E-state index in [4.69, 9.17) is 23.2 Å². The van der Waals surface area contributed by atoms with Crippen LogP contribution in [0.1, 0.15) is 5.56 Å². The Kier molecular flexibility index (Phi) is 4.75. The van der Waals surface area contributed by atoms with Crippen molar-refractivity contribution >= 4 is 29.0 Å².